The number of aliphatic hydroxyl groups is 2. The van der Waals surface area contributed by atoms with Crippen molar-refractivity contribution in [2.45, 2.75) is 64.2 Å². The van der Waals surface area contributed by atoms with Gasteiger partial charge in [0.2, 0.25) is 0 Å². The van der Waals surface area contributed by atoms with Crippen molar-refractivity contribution >= 4 is 11.4 Å². The highest BCUT2D eigenvalue weighted by atomic mass is 16.5. The fourth-order valence-corrected chi connectivity index (χ4v) is 3.99. The largest absolute Gasteiger partial charge is 0.494 e. The van der Waals surface area contributed by atoms with Gasteiger partial charge in [0.1, 0.15) is 5.75 Å². The van der Waals surface area contributed by atoms with E-state index in [2.05, 4.69) is 21.2 Å². The highest BCUT2D eigenvalue weighted by Crippen LogP contribution is 2.22. The van der Waals surface area contributed by atoms with Gasteiger partial charge < -0.3 is 14.9 Å². The molecule has 196 valence electrons. The first-order chi connectivity index (χ1) is 17.7. The van der Waals surface area contributed by atoms with Crippen LogP contribution in [0.5, 0.6) is 5.75 Å². The van der Waals surface area contributed by atoms with E-state index in [1.54, 1.807) is 24.3 Å². The Bertz CT molecular complexity index is 873. The van der Waals surface area contributed by atoms with Crippen LogP contribution in [0, 0.1) is 11.3 Å². The van der Waals surface area contributed by atoms with Crippen LogP contribution in [0.2, 0.25) is 0 Å². The van der Waals surface area contributed by atoms with E-state index in [1.165, 1.54) is 51.4 Å². The molecule has 0 saturated heterocycles. The standard InChI is InChI=1S/C29H42N4O3/c30-25-26-11-13-27(14-12-26)31-32-28-15-17-29(18-16-28)36-24-10-8-6-4-2-1-3-5-7-9-19-33(20-22-34)21-23-35/h11-18,34-35H,1-10,19-24H2. The molecule has 0 aliphatic heterocycles. The second kappa shape index (κ2) is 19.4. The number of rotatable bonds is 20. The Morgan fingerprint density at radius 1 is 0.639 bits per heavy atom. The lowest BCUT2D eigenvalue weighted by Crippen LogP contribution is -2.30. The van der Waals surface area contributed by atoms with Crippen molar-refractivity contribution in [2.24, 2.45) is 10.2 Å². The zero-order chi connectivity index (χ0) is 25.7. The SMILES string of the molecule is N#Cc1ccc(N=Nc2ccc(OCCCCCCCCCCCCN(CCO)CCO)cc2)cc1. The number of unbranched alkanes of at least 4 members (excludes halogenated alkanes) is 9. The Kier molecular flexibility index (Phi) is 15.9. The lowest BCUT2D eigenvalue weighted by Gasteiger charge is -2.19. The predicted octanol–water partition coefficient (Wildman–Crippen LogP) is 6.54. The molecule has 7 heteroatoms. The summed E-state index contributed by atoms with van der Waals surface area (Å²) in [6, 6.07) is 16.7. The molecule has 7 nitrogen and oxygen atoms in total. The molecule has 0 atom stereocenters. The van der Waals surface area contributed by atoms with Gasteiger partial charge in [0.05, 0.1) is 42.8 Å². The van der Waals surface area contributed by atoms with Gasteiger partial charge in [-0.25, -0.2) is 0 Å². The average Bonchev–Trinajstić information content (AvgIpc) is 2.91. The Hall–Kier alpha value is -2.79. The minimum absolute atomic E-state index is 0.162. The van der Waals surface area contributed by atoms with Crippen LogP contribution < -0.4 is 4.74 Å². The molecule has 2 aromatic rings. The van der Waals surface area contributed by atoms with E-state index in [0.717, 1.165) is 37.4 Å². The van der Waals surface area contributed by atoms with Crippen molar-refractivity contribution in [3.63, 3.8) is 0 Å². The molecule has 0 spiro atoms. The normalized spacial score (nSPS) is 11.3. The molecular weight excluding hydrogens is 452 g/mol. The number of ether oxygens (including phenoxy) is 1. The van der Waals surface area contributed by atoms with E-state index in [4.69, 9.17) is 20.2 Å². The van der Waals surface area contributed by atoms with Gasteiger partial charge in [-0.1, -0.05) is 51.4 Å². The van der Waals surface area contributed by atoms with E-state index < -0.39 is 0 Å². The maximum atomic E-state index is 9.03. The third-order valence-corrected chi connectivity index (χ3v) is 6.08. The van der Waals surface area contributed by atoms with Crippen molar-refractivity contribution in [1.29, 1.82) is 5.26 Å². The highest BCUT2D eigenvalue weighted by Gasteiger charge is 2.03. The number of aliphatic hydroxyl groups excluding tert-OH is 2. The topological polar surface area (TPSA) is 101 Å². The van der Waals surface area contributed by atoms with Gasteiger partial charge in [0.25, 0.3) is 0 Å². The molecule has 0 aliphatic carbocycles. The fourth-order valence-electron chi connectivity index (χ4n) is 3.99. The molecular formula is C29H42N4O3. The number of azo groups is 1. The second-order valence-electron chi connectivity index (χ2n) is 9.03. The Morgan fingerprint density at radius 3 is 1.61 bits per heavy atom. The zero-order valence-electron chi connectivity index (χ0n) is 21.5. The van der Waals surface area contributed by atoms with Gasteiger partial charge in [-0.2, -0.15) is 15.5 Å². The Balaban J connectivity index is 1.44. The zero-order valence-corrected chi connectivity index (χ0v) is 21.5. The van der Waals surface area contributed by atoms with Gasteiger partial charge in [-0.15, -0.1) is 0 Å². The minimum atomic E-state index is 0.162. The summed E-state index contributed by atoms with van der Waals surface area (Å²) >= 11 is 0. The molecule has 0 aliphatic rings. The third kappa shape index (κ3) is 13.3. The molecule has 0 heterocycles. The van der Waals surface area contributed by atoms with E-state index in [9.17, 15) is 0 Å². The number of hydrogen-bond acceptors (Lipinski definition) is 7. The summed E-state index contributed by atoms with van der Waals surface area (Å²) in [6.07, 6.45) is 12.4. The molecule has 0 amide bonds. The van der Waals surface area contributed by atoms with Crippen LogP contribution in [0.3, 0.4) is 0 Å². The van der Waals surface area contributed by atoms with Crippen LogP contribution >= 0.6 is 0 Å². The first-order valence-corrected chi connectivity index (χ1v) is 13.3. The predicted molar refractivity (Wildman–Crippen MR) is 144 cm³/mol. The van der Waals surface area contributed by atoms with Crippen LogP contribution in [-0.4, -0.2) is 54.6 Å². The van der Waals surface area contributed by atoms with Crippen LogP contribution in [-0.2, 0) is 0 Å². The Labute approximate surface area is 216 Å². The van der Waals surface area contributed by atoms with Gasteiger partial charge in [0, 0.05) is 13.1 Å². The smallest absolute Gasteiger partial charge is 0.119 e. The maximum absolute atomic E-state index is 9.03. The van der Waals surface area contributed by atoms with Crippen molar-refractivity contribution in [2.75, 3.05) is 39.5 Å². The summed E-state index contributed by atoms with van der Waals surface area (Å²) in [5.74, 6) is 0.850. The number of hydrogen-bond donors (Lipinski definition) is 2. The summed E-state index contributed by atoms with van der Waals surface area (Å²) < 4.78 is 5.85. The van der Waals surface area contributed by atoms with Crippen LogP contribution in [0.25, 0.3) is 0 Å². The Morgan fingerprint density at radius 2 is 1.11 bits per heavy atom. The molecule has 0 bridgehead atoms. The van der Waals surface area contributed by atoms with E-state index in [-0.39, 0.29) is 13.2 Å². The first-order valence-electron chi connectivity index (χ1n) is 13.3. The number of nitrogens with zero attached hydrogens (tertiary/aromatic N) is 4. The molecule has 0 aromatic heterocycles. The van der Waals surface area contributed by atoms with Crippen molar-refractivity contribution < 1.29 is 14.9 Å². The molecule has 0 unspecified atom stereocenters. The van der Waals surface area contributed by atoms with Crippen LogP contribution in [0.1, 0.15) is 69.8 Å². The average molecular weight is 495 g/mol. The summed E-state index contributed by atoms with van der Waals surface area (Å²) in [5.41, 5.74) is 2.08. The number of benzene rings is 2. The molecule has 2 aromatic carbocycles. The maximum Gasteiger partial charge on any atom is 0.119 e. The van der Waals surface area contributed by atoms with Gasteiger partial charge in [0.15, 0.2) is 0 Å². The molecule has 36 heavy (non-hydrogen) atoms. The summed E-state index contributed by atoms with van der Waals surface area (Å²) in [7, 11) is 0. The van der Waals surface area contributed by atoms with E-state index in [1.807, 2.05) is 24.3 Å². The molecule has 2 rings (SSSR count). The summed E-state index contributed by atoms with van der Waals surface area (Å²) in [5, 5.41) is 35.3. The molecule has 0 radical (unpaired) electrons. The number of nitriles is 1. The fraction of sp³-hybridized carbons (Fsp3) is 0.552. The molecule has 0 saturated carbocycles. The van der Waals surface area contributed by atoms with Gasteiger partial charge in [-0.3, -0.25) is 4.90 Å². The van der Waals surface area contributed by atoms with Crippen molar-refractivity contribution in [1.82, 2.24) is 4.90 Å². The first kappa shape index (κ1) is 29.4. The quantitative estimate of drug-likeness (QED) is 0.161. The van der Waals surface area contributed by atoms with Crippen LogP contribution in [0.4, 0.5) is 11.4 Å². The molecule has 0 fully saturated rings. The van der Waals surface area contributed by atoms with Gasteiger partial charge >= 0.3 is 0 Å². The highest BCUT2D eigenvalue weighted by molar-refractivity contribution is 5.44. The lowest BCUT2D eigenvalue weighted by molar-refractivity contribution is 0.159. The summed E-state index contributed by atoms with van der Waals surface area (Å²) in [4.78, 5) is 2.13. The van der Waals surface area contributed by atoms with Crippen molar-refractivity contribution in [3.8, 4) is 11.8 Å². The van der Waals surface area contributed by atoms with E-state index >= 15 is 0 Å². The van der Waals surface area contributed by atoms with Crippen LogP contribution in [0.15, 0.2) is 58.8 Å². The van der Waals surface area contributed by atoms with Crippen molar-refractivity contribution in [3.05, 3.63) is 54.1 Å². The second-order valence-corrected chi connectivity index (χ2v) is 9.03. The lowest BCUT2D eigenvalue weighted by atomic mass is 10.1. The minimum Gasteiger partial charge on any atom is -0.494 e. The van der Waals surface area contributed by atoms with Gasteiger partial charge in [-0.05, 0) is 67.9 Å². The molecule has 2 N–H and O–H groups in total. The van der Waals surface area contributed by atoms with E-state index in [0.29, 0.717) is 24.3 Å². The summed E-state index contributed by atoms with van der Waals surface area (Å²) in [6.45, 7) is 3.35. The monoisotopic (exact) mass is 494 g/mol. The third-order valence-electron chi connectivity index (χ3n) is 6.08.